The maximum absolute atomic E-state index is 12.3. The summed E-state index contributed by atoms with van der Waals surface area (Å²) in [7, 11) is 1.60. The van der Waals surface area contributed by atoms with E-state index in [0.29, 0.717) is 38.1 Å². The van der Waals surface area contributed by atoms with Crippen molar-refractivity contribution in [3.8, 4) is 0 Å². The van der Waals surface area contributed by atoms with Crippen LogP contribution in [0, 0.1) is 5.92 Å². The van der Waals surface area contributed by atoms with Gasteiger partial charge >= 0.3 is 11.8 Å². The molecule has 114 valence electrons. The van der Waals surface area contributed by atoms with Crippen molar-refractivity contribution in [1.82, 2.24) is 9.80 Å². The van der Waals surface area contributed by atoms with E-state index in [1.165, 1.54) is 9.80 Å². The topological polar surface area (TPSA) is 74.6 Å². The first-order valence-electron chi connectivity index (χ1n) is 7.03. The van der Waals surface area contributed by atoms with Gasteiger partial charge in [0.2, 0.25) is 5.29 Å². The van der Waals surface area contributed by atoms with Gasteiger partial charge in [-0.05, 0) is 30.4 Å². The Labute approximate surface area is 127 Å². The SMILES string of the molecule is CN1C(=O)C(=O)N(CC2CCOCC2)C2=NC(Cl)=NCC21. The summed E-state index contributed by atoms with van der Waals surface area (Å²) in [4.78, 5) is 35.5. The molecule has 0 radical (unpaired) electrons. The summed E-state index contributed by atoms with van der Waals surface area (Å²) in [6.07, 6.45) is 1.77. The van der Waals surface area contributed by atoms with Crippen molar-refractivity contribution in [2.24, 2.45) is 15.9 Å². The molecular formula is C13H17ClN4O3. The number of rotatable bonds is 2. The molecule has 0 aliphatic carbocycles. The third-order valence-corrected chi connectivity index (χ3v) is 4.38. The van der Waals surface area contributed by atoms with Crippen LogP contribution in [-0.2, 0) is 14.3 Å². The van der Waals surface area contributed by atoms with E-state index in [0.717, 1.165) is 12.8 Å². The Morgan fingerprint density at radius 2 is 2.00 bits per heavy atom. The number of hydrogen-bond acceptors (Lipinski definition) is 5. The van der Waals surface area contributed by atoms with Crippen LogP contribution in [0.5, 0.6) is 0 Å². The number of amides is 2. The molecule has 3 aliphatic heterocycles. The van der Waals surface area contributed by atoms with Crippen LogP contribution in [0.1, 0.15) is 12.8 Å². The highest BCUT2D eigenvalue weighted by Crippen LogP contribution is 2.22. The molecule has 0 saturated carbocycles. The molecule has 3 heterocycles. The quantitative estimate of drug-likeness (QED) is 0.536. The lowest BCUT2D eigenvalue weighted by Gasteiger charge is -2.41. The Hall–Kier alpha value is -1.47. The molecule has 3 rings (SSSR count). The number of piperazine rings is 1. The van der Waals surface area contributed by atoms with Crippen LogP contribution in [0.15, 0.2) is 9.98 Å². The van der Waals surface area contributed by atoms with Crippen LogP contribution < -0.4 is 0 Å². The van der Waals surface area contributed by atoms with Crippen molar-refractivity contribution in [2.45, 2.75) is 18.9 Å². The van der Waals surface area contributed by atoms with Gasteiger partial charge in [0, 0.05) is 26.8 Å². The summed E-state index contributed by atoms with van der Waals surface area (Å²) in [5, 5.41) is 0.133. The Morgan fingerprint density at radius 3 is 2.71 bits per heavy atom. The monoisotopic (exact) mass is 312 g/mol. The van der Waals surface area contributed by atoms with Gasteiger partial charge in [0.05, 0.1) is 6.54 Å². The normalized spacial score (nSPS) is 27.4. The maximum Gasteiger partial charge on any atom is 0.317 e. The minimum absolute atomic E-state index is 0.133. The number of aliphatic imine (C=N–C) groups is 2. The van der Waals surface area contributed by atoms with E-state index in [2.05, 4.69) is 9.98 Å². The number of hydrogen-bond donors (Lipinski definition) is 0. The van der Waals surface area contributed by atoms with Gasteiger partial charge in [-0.3, -0.25) is 19.5 Å². The fourth-order valence-corrected chi connectivity index (χ4v) is 3.01. The summed E-state index contributed by atoms with van der Waals surface area (Å²) in [5.41, 5.74) is 0. The molecular weight excluding hydrogens is 296 g/mol. The number of likely N-dealkylation sites (N-methyl/N-ethyl adjacent to an activating group) is 1. The fourth-order valence-electron chi connectivity index (χ4n) is 2.86. The van der Waals surface area contributed by atoms with Gasteiger partial charge < -0.3 is 9.64 Å². The Bertz CT molecular complexity index is 528. The second-order valence-corrected chi connectivity index (χ2v) is 5.82. The number of amidine groups is 2. The molecule has 1 unspecified atom stereocenters. The van der Waals surface area contributed by atoms with Gasteiger partial charge in [-0.1, -0.05) is 0 Å². The standard InChI is InChI=1S/C13H17ClN4O3/c1-17-9-6-15-13(14)16-10(9)18(12(20)11(17)19)7-8-2-4-21-5-3-8/h8-9H,2-7H2,1H3. The molecule has 2 saturated heterocycles. The van der Waals surface area contributed by atoms with Crippen molar-refractivity contribution in [1.29, 1.82) is 0 Å². The fraction of sp³-hybridized carbons (Fsp3) is 0.692. The highest BCUT2D eigenvalue weighted by atomic mass is 35.5. The van der Waals surface area contributed by atoms with Crippen molar-refractivity contribution in [2.75, 3.05) is 33.4 Å². The van der Waals surface area contributed by atoms with E-state index in [1.807, 2.05) is 0 Å². The molecule has 0 N–H and O–H groups in total. The summed E-state index contributed by atoms with van der Waals surface area (Å²) in [6.45, 7) is 2.22. The van der Waals surface area contributed by atoms with Gasteiger partial charge in [0.25, 0.3) is 0 Å². The summed E-state index contributed by atoms with van der Waals surface area (Å²) in [5.74, 6) is -0.196. The predicted molar refractivity (Wildman–Crippen MR) is 77.4 cm³/mol. The minimum Gasteiger partial charge on any atom is -0.381 e. The molecule has 2 fully saturated rings. The highest BCUT2D eigenvalue weighted by Gasteiger charge is 2.44. The number of carbonyl (C=O) groups excluding carboxylic acids is 2. The molecule has 0 aromatic rings. The van der Waals surface area contributed by atoms with Crippen molar-refractivity contribution >= 4 is 34.5 Å². The maximum atomic E-state index is 12.3. The van der Waals surface area contributed by atoms with E-state index >= 15 is 0 Å². The summed E-state index contributed by atoms with van der Waals surface area (Å²) in [6, 6.07) is -0.308. The number of carbonyl (C=O) groups is 2. The molecule has 21 heavy (non-hydrogen) atoms. The largest absolute Gasteiger partial charge is 0.381 e. The second kappa shape index (κ2) is 5.73. The van der Waals surface area contributed by atoms with Gasteiger partial charge in [-0.2, -0.15) is 0 Å². The van der Waals surface area contributed by atoms with Gasteiger partial charge in [0.1, 0.15) is 11.9 Å². The zero-order chi connectivity index (χ0) is 15.0. The van der Waals surface area contributed by atoms with E-state index < -0.39 is 11.8 Å². The third kappa shape index (κ3) is 2.67. The molecule has 1 atom stereocenters. The second-order valence-electron chi connectivity index (χ2n) is 5.48. The lowest BCUT2D eigenvalue weighted by Crippen LogP contribution is -2.64. The Balaban J connectivity index is 1.86. The van der Waals surface area contributed by atoms with Gasteiger partial charge in [-0.25, -0.2) is 4.99 Å². The van der Waals surface area contributed by atoms with E-state index in [4.69, 9.17) is 16.3 Å². The van der Waals surface area contributed by atoms with Gasteiger partial charge in [0.15, 0.2) is 0 Å². The zero-order valence-corrected chi connectivity index (χ0v) is 12.5. The molecule has 3 aliphatic rings. The molecule has 0 spiro atoms. The average molecular weight is 313 g/mol. The molecule has 2 amide bonds. The number of halogens is 1. The van der Waals surface area contributed by atoms with Crippen molar-refractivity contribution in [3.63, 3.8) is 0 Å². The summed E-state index contributed by atoms with van der Waals surface area (Å²) >= 11 is 5.88. The number of fused-ring (bicyclic) bond motifs is 1. The lowest BCUT2D eigenvalue weighted by molar-refractivity contribution is -0.152. The van der Waals surface area contributed by atoms with Crippen LogP contribution in [0.4, 0.5) is 0 Å². The third-order valence-electron chi connectivity index (χ3n) is 4.17. The number of ether oxygens (including phenoxy) is 1. The first-order chi connectivity index (χ1) is 10.1. The average Bonchev–Trinajstić information content (AvgIpc) is 2.50. The summed E-state index contributed by atoms with van der Waals surface area (Å²) < 4.78 is 5.33. The van der Waals surface area contributed by atoms with Crippen LogP contribution in [-0.4, -0.2) is 72.1 Å². The molecule has 8 heteroatoms. The Morgan fingerprint density at radius 1 is 1.29 bits per heavy atom. The molecule has 0 aromatic heterocycles. The highest BCUT2D eigenvalue weighted by molar-refractivity contribution is 6.66. The molecule has 7 nitrogen and oxygen atoms in total. The molecule has 0 aromatic carbocycles. The minimum atomic E-state index is -0.537. The molecule has 0 bridgehead atoms. The predicted octanol–water partition coefficient (Wildman–Crippen LogP) is 0.0891. The van der Waals surface area contributed by atoms with E-state index in [9.17, 15) is 9.59 Å². The zero-order valence-electron chi connectivity index (χ0n) is 11.8. The smallest absolute Gasteiger partial charge is 0.317 e. The van der Waals surface area contributed by atoms with Crippen molar-refractivity contribution < 1.29 is 14.3 Å². The van der Waals surface area contributed by atoms with Crippen LogP contribution in [0.2, 0.25) is 0 Å². The van der Waals surface area contributed by atoms with E-state index in [1.54, 1.807) is 7.05 Å². The van der Waals surface area contributed by atoms with Crippen LogP contribution in [0.25, 0.3) is 0 Å². The van der Waals surface area contributed by atoms with Crippen LogP contribution in [0.3, 0.4) is 0 Å². The Kier molecular flexibility index (Phi) is 3.95. The van der Waals surface area contributed by atoms with Crippen LogP contribution >= 0.6 is 11.6 Å². The van der Waals surface area contributed by atoms with Gasteiger partial charge in [-0.15, -0.1) is 0 Å². The van der Waals surface area contributed by atoms with E-state index in [-0.39, 0.29) is 11.3 Å². The first-order valence-corrected chi connectivity index (χ1v) is 7.40. The number of nitrogens with zero attached hydrogens (tertiary/aromatic N) is 4. The van der Waals surface area contributed by atoms with Crippen molar-refractivity contribution in [3.05, 3.63) is 0 Å². The lowest BCUT2D eigenvalue weighted by atomic mass is 9.98. The first kappa shape index (κ1) is 14.5.